The lowest BCUT2D eigenvalue weighted by Gasteiger charge is -2.18. The summed E-state index contributed by atoms with van der Waals surface area (Å²) in [6, 6.07) is 14.4. The third kappa shape index (κ3) is 4.32. The van der Waals surface area contributed by atoms with Crippen molar-refractivity contribution in [3.8, 4) is 5.75 Å². The fourth-order valence-electron chi connectivity index (χ4n) is 2.10. The van der Waals surface area contributed by atoms with E-state index in [4.69, 9.17) is 4.74 Å². The zero-order chi connectivity index (χ0) is 16.8. The lowest BCUT2D eigenvalue weighted by Crippen LogP contribution is -2.47. The second-order valence-corrected chi connectivity index (χ2v) is 5.29. The first-order chi connectivity index (χ1) is 11.0. The Hall–Kier alpha value is -2.82. The number of rotatable bonds is 4. The smallest absolute Gasteiger partial charge is 0.279 e. The molecule has 0 aliphatic rings. The Morgan fingerprint density at radius 2 is 1.52 bits per heavy atom. The van der Waals surface area contributed by atoms with Crippen molar-refractivity contribution < 1.29 is 14.3 Å². The molecule has 23 heavy (non-hydrogen) atoms. The Morgan fingerprint density at radius 3 is 2.13 bits per heavy atom. The minimum Gasteiger partial charge on any atom is -0.480 e. The van der Waals surface area contributed by atoms with Gasteiger partial charge in [-0.2, -0.15) is 0 Å². The molecule has 0 spiro atoms. The number of nitrogens with one attached hydrogen (secondary N) is 2. The van der Waals surface area contributed by atoms with Gasteiger partial charge in [0.05, 0.1) is 0 Å². The van der Waals surface area contributed by atoms with Crippen LogP contribution in [-0.4, -0.2) is 17.9 Å². The first-order valence-electron chi connectivity index (χ1n) is 7.37. The zero-order valence-electron chi connectivity index (χ0n) is 13.4. The highest BCUT2D eigenvalue weighted by molar-refractivity contribution is 5.95. The number of para-hydroxylation sites is 1. The van der Waals surface area contributed by atoms with Crippen molar-refractivity contribution in [2.45, 2.75) is 26.9 Å². The van der Waals surface area contributed by atoms with E-state index in [1.165, 1.54) is 0 Å². The highest BCUT2D eigenvalue weighted by Crippen LogP contribution is 2.23. The molecule has 0 aliphatic carbocycles. The number of carbonyl (C=O) groups is 2. The second-order valence-electron chi connectivity index (χ2n) is 5.29. The van der Waals surface area contributed by atoms with Crippen molar-refractivity contribution in [3.05, 3.63) is 65.2 Å². The normalized spacial score (nSPS) is 11.4. The van der Waals surface area contributed by atoms with Crippen LogP contribution in [0.25, 0.3) is 0 Å². The van der Waals surface area contributed by atoms with Gasteiger partial charge in [0.25, 0.3) is 11.8 Å². The van der Waals surface area contributed by atoms with Crippen LogP contribution in [0.15, 0.2) is 48.5 Å². The Labute approximate surface area is 135 Å². The number of hydrazine groups is 1. The first-order valence-corrected chi connectivity index (χ1v) is 7.37. The highest BCUT2D eigenvalue weighted by atomic mass is 16.5. The Bertz CT molecular complexity index is 678. The third-order valence-corrected chi connectivity index (χ3v) is 3.41. The van der Waals surface area contributed by atoms with Gasteiger partial charge >= 0.3 is 0 Å². The van der Waals surface area contributed by atoms with Crippen LogP contribution < -0.4 is 15.6 Å². The van der Waals surface area contributed by atoms with Crippen LogP contribution in [0.4, 0.5) is 0 Å². The van der Waals surface area contributed by atoms with Gasteiger partial charge in [-0.15, -0.1) is 0 Å². The summed E-state index contributed by atoms with van der Waals surface area (Å²) < 4.78 is 5.71. The van der Waals surface area contributed by atoms with Crippen molar-refractivity contribution in [2.75, 3.05) is 0 Å². The summed E-state index contributed by atoms with van der Waals surface area (Å²) in [7, 11) is 0. The molecule has 2 aromatic carbocycles. The number of ether oxygens (including phenoxy) is 1. The van der Waals surface area contributed by atoms with E-state index in [0.29, 0.717) is 11.3 Å². The summed E-state index contributed by atoms with van der Waals surface area (Å²) in [5, 5.41) is 0. The number of aryl methyl sites for hydroxylation is 2. The molecule has 0 fully saturated rings. The van der Waals surface area contributed by atoms with Crippen LogP contribution in [0.5, 0.6) is 5.75 Å². The van der Waals surface area contributed by atoms with E-state index in [0.717, 1.165) is 11.1 Å². The Balaban J connectivity index is 1.92. The molecule has 2 rings (SSSR count). The largest absolute Gasteiger partial charge is 0.480 e. The van der Waals surface area contributed by atoms with E-state index >= 15 is 0 Å². The monoisotopic (exact) mass is 312 g/mol. The molecule has 5 nitrogen and oxygen atoms in total. The lowest BCUT2D eigenvalue weighted by molar-refractivity contribution is -0.128. The van der Waals surface area contributed by atoms with E-state index in [9.17, 15) is 9.59 Å². The summed E-state index contributed by atoms with van der Waals surface area (Å²) in [6.07, 6.45) is -0.731. The fraction of sp³-hybridized carbons (Fsp3) is 0.222. The van der Waals surface area contributed by atoms with Crippen LogP contribution in [-0.2, 0) is 4.79 Å². The van der Waals surface area contributed by atoms with Crippen molar-refractivity contribution in [1.29, 1.82) is 0 Å². The number of benzene rings is 2. The average Bonchev–Trinajstić information content (AvgIpc) is 2.56. The van der Waals surface area contributed by atoms with E-state index < -0.39 is 12.0 Å². The topological polar surface area (TPSA) is 67.4 Å². The SMILES string of the molecule is Cc1cccc(C)c1OC(C)C(=O)NNC(=O)c1ccccc1. The Kier molecular flexibility index (Phi) is 5.36. The summed E-state index contributed by atoms with van der Waals surface area (Å²) >= 11 is 0. The van der Waals surface area contributed by atoms with Gasteiger partial charge in [0.2, 0.25) is 0 Å². The van der Waals surface area contributed by atoms with Crippen LogP contribution >= 0.6 is 0 Å². The molecular weight excluding hydrogens is 292 g/mol. The Morgan fingerprint density at radius 1 is 0.913 bits per heavy atom. The molecular formula is C18H20N2O3. The van der Waals surface area contributed by atoms with E-state index in [1.807, 2.05) is 38.1 Å². The maximum atomic E-state index is 12.1. The minimum atomic E-state index is -0.731. The number of amides is 2. The van der Waals surface area contributed by atoms with Crippen LogP contribution in [0.3, 0.4) is 0 Å². The minimum absolute atomic E-state index is 0.377. The van der Waals surface area contributed by atoms with Gasteiger partial charge in [0.1, 0.15) is 5.75 Å². The summed E-state index contributed by atoms with van der Waals surface area (Å²) in [5.74, 6) is -0.111. The zero-order valence-corrected chi connectivity index (χ0v) is 13.4. The first kappa shape index (κ1) is 16.5. The van der Waals surface area contributed by atoms with Gasteiger partial charge in [-0.3, -0.25) is 20.4 Å². The van der Waals surface area contributed by atoms with Crippen LogP contribution in [0, 0.1) is 13.8 Å². The lowest BCUT2D eigenvalue weighted by atomic mass is 10.1. The van der Waals surface area contributed by atoms with Crippen LogP contribution in [0.2, 0.25) is 0 Å². The quantitative estimate of drug-likeness (QED) is 0.853. The van der Waals surface area contributed by atoms with Gasteiger partial charge < -0.3 is 4.74 Å². The number of hydrogen-bond donors (Lipinski definition) is 2. The molecule has 2 N–H and O–H groups in total. The predicted molar refractivity (Wildman–Crippen MR) is 88.1 cm³/mol. The summed E-state index contributed by atoms with van der Waals surface area (Å²) in [5.41, 5.74) is 7.13. The molecule has 120 valence electrons. The van der Waals surface area contributed by atoms with Gasteiger partial charge in [-0.05, 0) is 44.0 Å². The molecule has 1 atom stereocenters. The van der Waals surface area contributed by atoms with E-state index in [1.54, 1.807) is 31.2 Å². The maximum Gasteiger partial charge on any atom is 0.279 e. The highest BCUT2D eigenvalue weighted by Gasteiger charge is 2.17. The van der Waals surface area contributed by atoms with E-state index in [-0.39, 0.29) is 5.91 Å². The van der Waals surface area contributed by atoms with Crippen molar-refractivity contribution in [3.63, 3.8) is 0 Å². The molecule has 0 saturated carbocycles. The molecule has 0 aliphatic heterocycles. The molecule has 2 aromatic rings. The fourth-order valence-corrected chi connectivity index (χ4v) is 2.10. The molecule has 0 aromatic heterocycles. The standard InChI is InChI=1S/C18H20N2O3/c1-12-8-7-9-13(2)16(12)23-14(3)17(21)19-20-18(22)15-10-5-4-6-11-15/h4-11,14H,1-3H3,(H,19,21)(H,20,22). The predicted octanol–water partition coefficient (Wildman–Crippen LogP) is 2.53. The van der Waals surface area contributed by atoms with Crippen molar-refractivity contribution in [2.24, 2.45) is 0 Å². The molecule has 2 amide bonds. The third-order valence-electron chi connectivity index (χ3n) is 3.41. The molecule has 0 saturated heterocycles. The van der Waals surface area contributed by atoms with Gasteiger partial charge in [-0.1, -0.05) is 36.4 Å². The number of hydrogen-bond acceptors (Lipinski definition) is 3. The molecule has 0 heterocycles. The molecule has 0 radical (unpaired) electrons. The molecule has 0 bridgehead atoms. The maximum absolute atomic E-state index is 12.1. The van der Waals surface area contributed by atoms with Gasteiger partial charge in [-0.25, -0.2) is 0 Å². The summed E-state index contributed by atoms with van der Waals surface area (Å²) in [4.78, 5) is 23.9. The van der Waals surface area contributed by atoms with Crippen molar-refractivity contribution in [1.82, 2.24) is 10.9 Å². The van der Waals surface area contributed by atoms with Crippen LogP contribution in [0.1, 0.15) is 28.4 Å². The van der Waals surface area contributed by atoms with Gasteiger partial charge in [0, 0.05) is 5.56 Å². The molecule has 1 unspecified atom stereocenters. The average molecular weight is 312 g/mol. The van der Waals surface area contributed by atoms with Gasteiger partial charge in [0.15, 0.2) is 6.10 Å². The molecule has 5 heteroatoms. The number of carbonyl (C=O) groups excluding carboxylic acids is 2. The van der Waals surface area contributed by atoms with E-state index in [2.05, 4.69) is 10.9 Å². The summed E-state index contributed by atoms with van der Waals surface area (Å²) in [6.45, 7) is 5.48. The second kappa shape index (κ2) is 7.45. The van der Waals surface area contributed by atoms with Crippen molar-refractivity contribution >= 4 is 11.8 Å².